The minimum atomic E-state index is -4.23. The van der Waals surface area contributed by atoms with Crippen LogP contribution in [0, 0.1) is 0 Å². The molecule has 0 aromatic heterocycles. The van der Waals surface area contributed by atoms with Gasteiger partial charge in [0.05, 0.1) is 0 Å². The van der Waals surface area contributed by atoms with Crippen molar-refractivity contribution in [1.29, 1.82) is 0 Å². The summed E-state index contributed by atoms with van der Waals surface area (Å²) >= 11 is 0. The van der Waals surface area contributed by atoms with Crippen LogP contribution in [-0.2, 0) is 19.6 Å². The van der Waals surface area contributed by atoms with Gasteiger partial charge in [-0.15, -0.1) is 0 Å². The van der Waals surface area contributed by atoms with Gasteiger partial charge in [-0.05, 0) is 20.8 Å². The molecule has 0 spiro atoms. The van der Waals surface area contributed by atoms with Gasteiger partial charge < -0.3 is 4.74 Å². The van der Waals surface area contributed by atoms with E-state index < -0.39 is 27.4 Å². The van der Waals surface area contributed by atoms with Crippen molar-refractivity contribution in [1.82, 2.24) is 0 Å². The molecule has 0 radical (unpaired) electrons. The predicted octanol–water partition coefficient (Wildman–Crippen LogP) is 0.772. The van der Waals surface area contributed by atoms with Crippen molar-refractivity contribution in [2.75, 3.05) is 6.61 Å². The van der Waals surface area contributed by atoms with Gasteiger partial charge in [-0.3, -0.25) is 4.55 Å². The Kier molecular flexibility index (Phi) is 3.84. The van der Waals surface area contributed by atoms with Crippen LogP contribution in [0.1, 0.15) is 20.8 Å². The van der Waals surface area contributed by atoms with E-state index in [9.17, 15) is 13.2 Å². The first-order valence-corrected chi connectivity index (χ1v) is 5.31. The molecule has 0 rings (SSSR count). The molecule has 0 aromatic rings. The molecule has 0 aliphatic carbocycles. The van der Waals surface area contributed by atoms with Gasteiger partial charge in [0.2, 0.25) is 0 Å². The topological polar surface area (TPSA) is 80.7 Å². The Balaban J connectivity index is 4.42. The molecular weight excluding hydrogens is 208 g/mol. The van der Waals surface area contributed by atoms with E-state index in [4.69, 9.17) is 4.55 Å². The number of ether oxygens (including phenoxy) is 1. The molecule has 14 heavy (non-hydrogen) atoms. The maximum atomic E-state index is 10.9. The molecule has 0 aliphatic rings. The van der Waals surface area contributed by atoms with E-state index in [-0.39, 0.29) is 5.57 Å². The molecule has 0 saturated heterocycles. The number of hydrogen-bond acceptors (Lipinski definition) is 4. The Morgan fingerprint density at radius 1 is 1.50 bits per heavy atom. The molecule has 0 aliphatic heterocycles. The van der Waals surface area contributed by atoms with Crippen LogP contribution in [0.15, 0.2) is 12.2 Å². The largest absolute Gasteiger partial charge is 0.461 e. The minimum Gasteiger partial charge on any atom is -0.461 e. The number of carbonyl (C=O) groups is 1. The summed E-state index contributed by atoms with van der Waals surface area (Å²) in [5, 5.41) is 0. The Morgan fingerprint density at radius 2 is 1.93 bits per heavy atom. The molecule has 1 N–H and O–H groups in total. The predicted molar refractivity (Wildman–Crippen MR) is 51.4 cm³/mol. The zero-order valence-corrected chi connectivity index (χ0v) is 9.22. The lowest BCUT2D eigenvalue weighted by Gasteiger charge is -2.20. The molecule has 0 unspecified atom stereocenters. The first-order valence-electron chi connectivity index (χ1n) is 3.87. The molecule has 5 nitrogen and oxygen atoms in total. The fourth-order valence-corrected chi connectivity index (χ4v) is 0.645. The highest BCUT2D eigenvalue weighted by Crippen LogP contribution is 2.15. The fraction of sp³-hybridized carbons (Fsp3) is 0.625. The van der Waals surface area contributed by atoms with Crippen LogP contribution in [0.4, 0.5) is 0 Å². The second-order valence-corrected chi connectivity index (χ2v) is 5.65. The second-order valence-electron chi connectivity index (χ2n) is 3.59. The average Bonchev–Trinajstić information content (AvgIpc) is 1.97. The van der Waals surface area contributed by atoms with E-state index in [0.717, 1.165) is 0 Å². The normalized spacial score (nSPS) is 12.3. The fourth-order valence-electron chi connectivity index (χ4n) is 0.437. The number of carbonyl (C=O) groups excluding carboxylic acids is 1. The molecule has 0 saturated carbocycles. The summed E-state index contributed by atoms with van der Waals surface area (Å²) in [6.45, 7) is 6.89. The maximum Gasteiger partial charge on any atom is 0.333 e. The average molecular weight is 222 g/mol. The zero-order valence-electron chi connectivity index (χ0n) is 8.40. The summed E-state index contributed by atoms with van der Waals surface area (Å²) in [6.07, 6.45) is 0. The number of esters is 1. The van der Waals surface area contributed by atoms with Crippen molar-refractivity contribution in [3.8, 4) is 0 Å². The van der Waals surface area contributed by atoms with Crippen molar-refractivity contribution in [2.45, 2.75) is 25.5 Å². The molecule has 0 heterocycles. The van der Waals surface area contributed by atoms with Gasteiger partial charge >= 0.3 is 5.97 Å². The van der Waals surface area contributed by atoms with Gasteiger partial charge in [0, 0.05) is 5.57 Å². The molecule has 0 fully saturated rings. The first-order chi connectivity index (χ1) is 6.08. The van der Waals surface area contributed by atoms with E-state index in [0.29, 0.717) is 0 Å². The summed E-state index contributed by atoms with van der Waals surface area (Å²) < 4.78 is 33.4. The molecule has 6 heteroatoms. The highest BCUT2D eigenvalue weighted by atomic mass is 32.2. The van der Waals surface area contributed by atoms with Gasteiger partial charge in [0.25, 0.3) is 10.1 Å². The number of hydrogen-bond donors (Lipinski definition) is 1. The Hall–Kier alpha value is -0.880. The standard InChI is InChI=1S/C8H14O5S/c1-6(2)7(9)13-5-8(3,4)14(10,11)12/h1,5H2,2-4H3,(H,10,11,12). The third-order valence-corrected chi connectivity index (χ3v) is 3.11. The van der Waals surface area contributed by atoms with Crippen molar-refractivity contribution in [3.63, 3.8) is 0 Å². The van der Waals surface area contributed by atoms with Crippen molar-refractivity contribution in [3.05, 3.63) is 12.2 Å². The SMILES string of the molecule is C=C(C)C(=O)OCC(C)(C)S(=O)(=O)O. The maximum absolute atomic E-state index is 10.9. The van der Waals surface area contributed by atoms with Crippen LogP contribution >= 0.6 is 0 Å². The van der Waals surface area contributed by atoms with Crippen molar-refractivity contribution < 1.29 is 22.5 Å². The molecular formula is C8H14O5S. The first kappa shape index (κ1) is 13.1. The van der Waals surface area contributed by atoms with Crippen LogP contribution in [0.3, 0.4) is 0 Å². The molecule has 82 valence electrons. The van der Waals surface area contributed by atoms with Crippen molar-refractivity contribution in [2.24, 2.45) is 0 Å². The zero-order chi connectivity index (χ0) is 11.6. The highest BCUT2D eigenvalue weighted by molar-refractivity contribution is 7.87. The number of rotatable bonds is 4. The van der Waals surface area contributed by atoms with Gasteiger partial charge in [0.15, 0.2) is 0 Å². The Labute approximate surface area is 83.5 Å². The van der Waals surface area contributed by atoms with E-state index >= 15 is 0 Å². The van der Waals surface area contributed by atoms with Gasteiger partial charge in [0.1, 0.15) is 11.4 Å². The second kappa shape index (κ2) is 4.10. The lowest BCUT2D eigenvalue weighted by Crippen LogP contribution is -2.37. The summed E-state index contributed by atoms with van der Waals surface area (Å²) in [5.74, 6) is -0.679. The van der Waals surface area contributed by atoms with E-state index in [2.05, 4.69) is 11.3 Å². The van der Waals surface area contributed by atoms with Gasteiger partial charge in [-0.1, -0.05) is 6.58 Å². The van der Waals surface area contributed by atoms with Crippen LogP contribution in [-0.4, -0.2) is 30.3 Å². The van der Waals surface area contributed by atoms with Crippen LogP contribution in [0.5, 0.6) is 0 Å². The molecule has 0 amide bonds. The van der Waals surface area contributed by atoms with Crippen LogP contribution in [0.2, 0.25) is 0 Å². The molecule has 0 aromatic carbocycles. The lowest BCUT2D eigenvalue weighted by atomic mass is 10.2. The summed E-state index contributed by atoms with van der Waals surface area (Å²) in [6, 6.07) is 0. The van der Waals surface area contributed by atoms with Crippen LogP contribution < -0.4 is 0 Å². The summed E-state index contributed by atoms with van der Waals surface area (Å²) in [7, 11) is -4.23. The van der Waals surface area contributed by atoms with E-state index in [1.807, 2.05) is 0 Å². The molecule has 0 atom stereocenters. The highest BCUT2D eigenvalue weighted by Gasteiger charge is 2.34. The lowest BCUT2D eigenvalue weighted by molar-refractivity contribution is -0.139. The third kappa shape index (κ3) is 3.47. The van der Waals surface area contributed by atoms with E-state index in [1.54, 1.807) is 0 Å². The summed E-state index contributed by atoms with van der Waals surface area (Å²) in [4.78, 5) is 10.9. The van der Waals surface area contributed by atoms with Gasteiger partial charge in [-0.25, -0.2) is 4.79 Å². The van der Waals surface area contributed by atoms with Crippen molar-refractivity contribution >= 4 is 16.1 Å². The minimum absolute atomic E-state index is 0.177. The summed E-state index contributed by atoms with van der Waals surface area (Å²) in [5.41, 5.74) is 0.177. The quantitative estimate of drug-likeness (QED) is 0.431. The monoisotopic (exact) mass is 222 g/mol. The van der Waals surface area contributed by atoms with Gasteiger partial charge in [-0.2, -0.15) is 8.42 Å². The van der Waals surface area contributed by atoms with E-state index in [1.165, 1.54) is 20.8 Å². The smallest absolute Gasteiger partial charge is 0.333 e. The Bertz CT molecular complexity index is 339. The Morgan fingerprint density at radius 3 is 2.21 bits per heavy atom. The van der Waals surface area contributed by atoms with Crippen LogP contribution in [0.25, 0.3) is 0 Å². The molecule has 0 bridgehead atoms. The third-order valence-electron chi connectivity index (χ3n) is 1.60.